The van der Waals surface area contributed by atoms with Gasteiger partial charge >= 0.3 is 0 Å². The maximum atomic E-state index is 14.4. The Morgan fingerprint density at radius 3 is 2.56 bits per heavy atom. The van der Waals surface area contributed by atoms with Crippen molar-refractivity contribution in [2.75, 3.05) is 25.1 Å². The summed E-state index contributed by atoms with van der Waals surface area (Å²) in [6, 6.07) is 5.86. The molecule has 1 heterocycles. The molecule has 0 bridgehead atoms. The summed E-state index contributed by atoms with van der Waals surface area (Å²) in [6.45, 7) is 0.266. The number of nitrogens with zero attached hydrogens (tertiary/aromatic N) is 1. The number of aromatic nitrogens is 1. The molecule has 0 aliphatic heterocycles. The van der Waals surface area contributed by atoms with Crippen molar-refractivity contribution in [3.63, 3.8) is 0 Å². The van der Waals surface area contributed by atoms with Crippen LogP contribution in [0.25, 0.3) is 0 Å². The molecule has 1 amide bonds. The molecule has 7 nitrogen and oxygen atoms in total. The molecule has 0 radical (unpaired) electrons. The fourth-order valence-electron chi connectivity index (χ4n) is 2.53. The van der Waals surface area contributed by atoms with Crippen LogP contribution in [0.15, 0.2) is 35.3 Å². The van der Waals surface area contributed by atoms with Gasteiger partial charge in [0.15, 0.2) is 0 Å². The highest BCUT2D eigenvalue weighted by atomic mass is 19.1. The van der Waals surface area contributed by atoms with Crippen LogP contribution >= 0.6 is 0 Å². The van der Waals surface area contributed by atoms with E-state index in [1.807, 2.05) is 0 Å². The van der Waals surface area contributed by atoms with E-state index < -0.39 is 11.7 Å². The molecule has 2 aromatic rings. The van der Waals surface area contributed by atoms with Crippen molar-refractivity contribution in [2.24, 2.45) is 7.05 Å². The fraction of sp³-hybridized carbons (Fsp3) is 0.368. The van der Waals surface area contributed by atoms with E-state index in [1.165, 1.54) is 36.0 Å². The standard InChI is InChI=1S/C19H24FN3O4/c1-23-12-14(19(27)21-7-3-9-25)17(11-18(23)26)22-16-6-5-13(4-2-8-24)10-15(16)20/h5-6,10-12,22,24-25H,2-4,7-9H2,1H3,(H,21,27). The van der Waals surface area contributed by atoms with E-state index in [9.17, 15) is 14.0 Å². The van der Waals surface area contributed by atoms with Gasteiger partial charge in [-0.1, -0.05) is 6.07 Å². The molecule has 0 atom stereocenters. The number of amides is 1. The Labute approximate surface area is 156 Å². The zero-order chi connectivity index (χ0) is 19.8. The monoisotopic (exact) mass is 377 g/mol. The third kappa shape index (κ3) is 5.63. The lowest BCUT2D eigenvalue weighted by Gasteiger charge is -2.14. The molecule has 0 aliphatic carbocycles. The van der Waals surface area contributed by atoms with Crippen molar-refractivity contribution in [2.45, 2.75) is 19.3 Å². The van der Waals surface area contributed by atoms with Crippen molar-refractivity contribution < 1.29 is 19.4 Å². The van der Waals surface area contributed by atoms with Crippen molar-refractivity contribution >= 4 is 17.3 Å². The molecule has 146 valence electrons. The van der Waals surface area contributed by atoms with Crippen molar-refractivity contribution in [1.82, 2.24) is 9.88 Å². The number of anilines is 2. The number of hydrogen-bond donors (Lipinski definition) is 4. The molecule has 27 heavy (non-hydrogen) atoms. The second-order valence-electron chi connectivity index (χ2n) is 6.15. The highest BCUT2D eigenvalue weighted by Gasteiger charge is 2.15. The van der Waals surface area contributed by atoms with Gasteiger partial charge in [-0.3, -0.25) is 9.59 Å². The molecule has 0 unspecified atom stereocenters. The molecule has 1 aromatic heterocycles. The average molecular weight is 377 g/mol. The minimum Gasteiger partial charge on any atom is -0.396 e. The first-order valence-corrected chi connectivity index (χ1v) is 8.72. The second-order valence-corrected chi connectivity index (χ2v) is 6.15. The molecule has 0 saturated carbocycles. The van der Waals surface area contributed by atoms with Crippen LogP contribution < -0.4 is 16.2 Å². The molecule has 1 aromatic carbocycles. The molecular weight excluding hydrogens is 353 g/mol. The Balaban J connectivity index is 2.28. The van der Waals surface area contributed by atoms with E-state index in [2.05, 4.69) is 10.6 Å². The topological polar surface area (TPSA) is 104 Å². The predicted molar refractivity (Wildman–Crippen MR) is 101 cm³/mol. The van der Waals surface area contributed by atoms with E-state index >= 15 is 0 Å². The van der Waals surface area contributed by atoms with Gasteiger partial charge in [0.1, 0.15) is 5.82 Å². The van der Waals surface area contributed by atoms with Gasteiger partial charge in [0.2, 0.25) is 0 Å². The Kier molecular flexibility index (Phi) is 7.51. The van der Waals surface area contributed by atoms with E-state index in [0.29, 0.717) is 19.3 Å². The van der Waals surface area contributed by atoms with Crippen molar-refractivity contribution in [3.8, 4) is 0 Å². The number of aryl methyl sites for hydroxylation is 2. The first-order chi connectivity index (χ1) is 13.0. The van der Waals surface area contributed by atoms with E-state index in [4.69, 9.17) is 10.2 Å². The maximum absolute atomic E-state index is 14.4. The highest BCUT2D eigenvalue weighted by Crippen LogP contribution is 2.23. The lowest BCUT2D eigenvalue weighted by molar-refractivity contribution is 0.0951. The first kappa shape index (κ1) is 20.6. The third-order valence-corrected chi connectivity index (χ3v) is 4.02. The Morgan fingerprint density at radius 2 is 1.89 bits per heavy atom. The van der Waals surface area contributed by atoms with Gasteiger partial charge < -0.3 is 25.4 Å². The highest BCUT2D eigenvalue weighted by molar-refractivity contribution is 6.00. The summed E-state index contributed by atoms with van der Waals surface area (Å²) in [6.07, 6.45) is 2.88. The van der Waals surface area contributed by atoms with Gasteiger partial charge in [-0.05, 0) is 37.0 Å². The SMILES string of the molecule is Cn1cc(C(=O)NCCCO)c(Nc2ccc(CCCO)cc2F)cc1=O. The average Bonchev–Trinajstić information content (AvgIpc) is 2.64. The lowest BCUT2D eigenvalue weighted by Crippen LogP contribution is -2.28. The van der Waals surface area contributed by atoms with Gasteiger partial charge in [0, 0.05) is 39.1 Å². The van der Waals surface area contributed by atoms with Crippen LogP contribution in [0.2, 0.25) is 0 Å². The number of nitrogens with one attached hydrogen (secondary N) is 2. The molecule has 0 fully saturated rings. The van der Waals surface area contributed by atoms with Crippen molar-refractivity contribution in [3.05, 3.63) is 57.8 Å². The van der Waals surface area contributed by atoms with Crippen LogP contribution in [-0.4, -0.2) is 40.4 Å². The summed E-state index contributed by atoms with van der Waals surface area (Å²) in [5.41, 5.74) is 0.934. The summed E-state index contributed by atoms with van der Waals surface area (Å²) in [7, 11) is 1.52. The number of carbonyl (C=O) groups is 1. The quantitative estimate of drug-likeness (QED) is 0.493. The molecule has 0 spiro atoms. The number of aliphatic hydroxyl groups is 2. The van der Waals surface area contributed by atoms with Crippen LogP contribution in [0, 0.1) is 5.82 Å². The number of aliphatic hydroxyl groups excluding tert-OH is 2. The summed E-state index contributed by atoms with van der Waals surface area (Å²) < 4.78 is 15.7. The number of hydrogen-bond acceptors (Lipinski definition) is 5. The number of carbonyl (C=O) groups excluding carboxylic acids is 1. The molecule has 2 rings (SSSR count). The summed E-state index contributed by atoms with van der Waals surface area (Å²) in [5.74, 6) is -0.945. The van der Waals surface area contributed by atoms with Crippen LogP contribution in [0.1, 0.15) is 28.8 Å². The Bertz CT molecular complexity index is 851. The largest absolute Gasteiger partial charge is 0.396 e. The molecule has 8 heteroatoms. The van der Waals surface area contributed by atoms with E-state index in [-0.39, 0.29) is 42.3 Å². The van der Waals surface area contributed by atoms with E-state index in [0.717, 1.165) is 5.56 Å². The third-order valence-electron chi connectivity index (χ3n) is 4.02. The number of benzene rings is 1. The number of halogens is 1. The Hall–Kier alpha value is -2.71. The predicted octanol–water partition coefficient (Wildman–Crippen LogP) is 1.31. The zero-order valence-electron chi connectivity index (χ0n) is 15.2. The van der Waals surface area contributed by atoms with Gasteiger partial charge in [-0.25, -0.2) is 4.39 Å². The minimum atomic E-state index is -0.516. The van der Waals surface area contributed by atoms with Crippen LogP contribution in [0.5, 0.6) is 0 Å². The van der Waals surface area contributed by atoms with Crippen LogP contribution in [-0.2, 0) is 13.5 Å². The number of rotatable bonds is 9. The smallest absolute Gasteiger partial charge is 0.254 e. The fourth-order valence-corrected chi connectivity index (χ4v) is 2.53. The summed E-state index contributed by atoms with van der Waals surface area (Å²) >= 11 is 0. The molecular formula is C19H24FN3O4. The maximum Gasteiger partial charge on any atom is 0.254 e. The summed E-state index contributed by atoms with van der Waals surface area (Å²) in [5, 5.41) is 23.2. The molecule has 0 saturated heterocycles. The lowest BCUT2D eigenvalue weighted by atomic mass is 10.1. The Morgan fingerprint density at radius 1 is 1.15 bits per heavy atom. The van der Waals surface area contributed by atoms with Gasteiger partial charge in [0.25, 0.3) is 11.5 Å². The van der Waals surface area contributed by atoms with E-state index in [1.54, 1.807) is 6.07 Å². The summed E-state index contributed by atoms with van der Waals surface area (Å²) in [4.78, 5) is 24.3. The van der Waals surface area contributed by atoms with Gasteiger partial charge in [-0.15, -0.1) is 0 Å². The minimum absolute atomic E-state index is 0.0314. The zero-order valence-corrected chi connectivity index (χ0v) is 15.2. The first-order valence-electron chi connectivity index (χ1n) is 8.72. The second kappa shape index (κ2) is 9.84. The number of pyridine rings is 1. The van der Waals surface area contributed by atoms with Crippen LogP contribution in [0.4, 0.5) is 15.8 Å². The molecule has 0 aliphatic rings. The van der Waals surface area contributed by atoms with Gasteiger partial charge in [-0.2, -0.15) is 0 Å². The van der Waals surface area contributed by atoms with Gasteiger partial charge in [0.05, 0.1) is 16.9 Å². The normalized spacial score (nSPS) is 10.7. The molecule has 4 N–H and O–H groups in total. The van der Waals surface area contributed by atoms with Crippen LogP contribution in [0.3, 0.4) is 0 Å². The van der Waals surface area contributed by atoms with Crippen molar-refractivity contribution in [1.29, 1.82) is 0 Å².